The predicted molar refractivity (Wildman–Crippen MR) is 108 cm³/mol. The summed E-state index contributed by atoms with van der Waals surface area (Å²) in [6.45, 7) is 4.16. The van der Waals surface area contributed by atoms with Crippen LogP contribution in [-0.2, 0) is 16.4 Å². The van der Waals surface area contributed by atoms with Gasteiger partial charge in [0.1, 0.15) is 0 Å². The van der Waals surface area contributed by atoms with Gasteiger partial charge in [-0.25, -0.2) is 12.4 Å². The maximum Gasteiger partial charge on any atom is 0.268 e. The maximum absolute atomic E-state index is 13.2. The number of rotatable bonds is 4. The molecule has 0 amide bonds. The van der Waals surface area contributed by atoms with E-state index in [-0.39, 0.29) is 4.90 Å². The molecular weight excluding hydrogens is 356 g/mol. The van der Waals surface area contributed by atoms with Gasteiger partial charge < -0.3 is 0 Å². The first-order chi connectivity index (χ1) is 13.0. The molecule has 0 unspecified atom stereocenters. The fraction of sp³-hybridized carbons (Fsp3) is 0.136. The van der Waals surface area contributed by atoms with Crippen LogP contribution in [0.2, 0.25) is 0 Å². The largest absolute Gasteiger partial charge is 0.268 e. The zero-order chi connectivity index (χ0) is 19.0. The van der Waals surface area contributed by atoms with Crippen LogP contribution in [0, 0.1) is 6.92 Å². The van der Waals surface area contributed by atoms with E-state index in [4.69, 9.17) is 0 Å². The number of benzene rings is 2. The minimum absolute atomic E-state index is 0.266. The number of fused-ring (bicyclic) bond motifs is 1. The number of pyridine rings is 1. The molecule has 0 aliphatic rings. The van der Waals surface area contributed by atoms with Crippen molar-refractivity contribution in [2.75, 3.05) is 0 Å². The van der Waals surface area contributed by atoms with Crippen LogP contribution < -0.4 is 0 Å². The smallest absolute Gasteiger partial charge is 0.256 e. The third-order valence-electron chi connectivity index (χ3n) is 4.85. The normalized spacial score (nSPS) is 11.8. The first-order valence-electron chi connectivity index (χ1n) is 8.89. The lowest BCUT2D eigenvalue weighted by atomic mass is 10.0. The van der Waals surface area contributed by atoms with Crippen molar-refractivity contribution in [3.05, 3.63) is 84.2 Å². The highest BCUT2D eigenvalue weighted by Gasteiger charge is 2.22. The summed E-state index contributed by atoms with van der Waals surface area (Å²) >= 11 is 0. The Morgan fingerprint density at radius 2 is 1.70 bits per heavy atom. The van der Waals surface area contributed by atoms with Gasteiger partial charge in [-0.3, -0.25) is 4.98 Å². The molecule has 5 heteroatoms. The molecule has 0 saturated carbocycles. The first-order valence-corrected chi connectivity index (χ1v) is 10.3. The van der Waals surface area contributed by atoms with Gasteiger partial charge in [0.2, 0.25) is 0 Å². The van der Waals surface area contributed by atoms with Crippen LogP contribution in [0.4, 0.5) is 0 Å². The van der Waals surface area contributed by atoms with Gasteiger partial charge in [-0.05, 0) is 48.7 Å². The summed E-state index contributed by atoms with van der Waals surface area (Å²) < 4.78 is 27.8. The highest BCUT2D eigenvalue weighted by atomic mass is 32.2. The second kappa shape index (κ2) is 6.67. The summed E-state index contributed by atoms with van der Waals surface area (Å²) in [6, 6.07) is 18.0. The zero-order valence-electron chi connectivity index (χ0n) is 15.3. The molecule has 0 aliphatic carbocycles. The molecule has 27 heavy (non-hydrogen) atoms. The minimum Gasteiger partial charge on any atom is -0.256 e. The predicted octanol–water partition coefficient (Wildman–Crippen LogP) is 4.81. The van der Waals surface area contributed by atoms with Gasteiger partial charge in [0.25, 0.3) is 10.0 Å². The molecule has 2 heterocycles. The molecule has 0 aliphatic heterocycles. The molecule has 0 bridgehead atoms. The highest BCUT2D eigenvalue weighted by molar-refractivity contribution is 7.90. The zero-order valence-corrected chi connectivity index (χ0v) is 16.1. The van der Waals surface area contributed by atoms with Crippen molar-refractivity contribution in [2.45, 2.75) is 25.2 Å². The van der Waals surface area contributed by atoms with E-state index in [0.717, 1.165) is 28.6 Å². The number of aryl methyl sites for hydroxylation is 2. The monoisotopic (exact) mass is 376 g/mol. The molecule has 0 atom stereocenters. The molecule has 4 aromatic rings. The number of nitrogens with zero attached hydrogens (tertiary/aromatic N) is 2. The van der Waals surface area contributed by atoms with Crippen molar-refractivity contribution >= 4 is 20.9 Å². The van der Waals surface area contributed by atoms with Gasteiger partial charge in [-0.2, -0.15) is 0 Å². The standard InChI is InChI=1S/C22H20N2O2S/c1-3-17-14-23-21(13-16(17)2)20-15-24(22-12-8-7-11-19(20)22)27(25,26)18-9-5-4-6-10-18/h4-15H,3H2,1-2H3. The van der Waals surface area contributed by atoms with E-state index in [0.29, 0.717) is 5.52 Å². The fourth-order valence-corrected chi connectivity index (χ4v) is 4.75. The van der Waals surface area contributed by atoms with Crippen LogP contribution in [0.25, 0.3) is 22.2 Å². The molecule has 2 aromatic carbocycles. The Morgan fingerprint density at radius 1 is 1.00 bits per heavy atom. The molecule has 0 spiro atoms. The molecule has 0 radical (unpaired) electrons. The summed E-state index contributed by atoms with van der Waals surface area (Å²) in [5.74, 6) is 0. The second-order valence-corrected chi connectivity index (χ2v) is 8.34. The summed E-state index contributed by atoms with van der Waals surface area (Å²) in [5.41, 5.74) is 4.60. The van der Waals surface area contributed by atoms with E-state index in [2.05, 4.69) is 18.8 Å². The van der Waals surface area contributed by atoms with E-state index in [1.807, 2.05) is 36.5 Å². The van der Waals surface area contributed by atoms with Crippen LogP contribution in [0.1, 0.15) is 18.1 Å². The fourth-order valence-electron chi connectivity index (χ4n) is 3.36. The van der Waals surface area contributed by atoms with Gasteiger partial charge in [0.15, 0.2) is 0 Å². The highest BCUT2D eigenvalue weighted by Crippen LogP contribution is 2.32. The van der Waals surface area contributed by atoms with Crippen LogP contribution in [0.15, 0.2) is 78.0 Å². The molecule has 4 rings (SSSR count). The molecule has 4 nitrogen and oxygen atoms in total. The quantitative estimate of drug-likeness (QED) is 0.513. The lowest BCUT2D eigenvalue weighted by Crippen LogP contribution is -2.11. The Hall–Kier alpha value is -2.92. The lowest BCUT2D eigenvalue weighted by Gasteiger charge is -2.07. The number of aromatic nitrogens is 2. The van der Waals surface area contributed by atoms with E-state index in [1.165, 1.54) is 9.54 Å². The van der Waals surface area contributed by atoms with Gasteiger partial charge in [0, 0.05) is 23.3 Å². The summed E-state index contributed by atoms with van der Waals surface area (Å²) in [6.07, 6.45) is 4.48. The third-order valence-corrected chi connectivity index (χ3v) is 6.54. The van der Waals surface area contributed by atoms with Crippen LogP contribution in [0.3, 0.4) is 0 Å². The third kappa shape index (κ3) is 2.94. The van der Waals surface area contributed by atoms with Crippen molar-refractivity contribution in [3.63, 3.8) is 0 Å². The summed E-state index contributed by atoms with van der Waals surface area (Å²) in [7, 11) is -3.69. The summed E-state index contributed by atoms with van der Waals surface area (Å²) in [4.78, 5) is 4.86. The van der Waals surface area contributed by atoms with Crippen molar-refractivity contribution in [1.82, 2.24) is 8.96 Å². The van der Waals surface area contributed by atoms with E-state index < -0.39 is 10.0 Å². The molecule has 2 aromatic heterocycles. The van der Waals surface area contributed by atoms with E-state index in [9.17, 15) is 8.42 Å². The Kier molecular flexibility index (Phi) is 4.32. The molecule has 136 valence electrons. The topological polar surface area (TPSA) is 52.0 Å². The number of para-hydroxylation sites is 1. The van der Waals surface area contributed by atoms with Gasteiger partial charge in [0.05, 0.1) is 16.1 Å². The van der Waals surface area contributed by atoms with Gasteiger partial charge in [-0.15, -0.1) is 0 Å². The first kappa shape index (κ1) is 17.5. The van der Waals surface area contributed by atoms with Crippen molar-refractivity contribution in [1.29, 1.82) is 0 Å². The Morgan fingerprint density at radius 3 is 2.41 bits per heavy atom. The van der Waals surface area contributed by atoms with Crippen LogP contribution in [-0.4, -0.2) is 17.4 Å². The van der Waals surface area contributed by atoms with Gasteiger partial charge in [-0.1, -0.05) is 43.3 Å². The SMILES string of the molecule is CCc1cnc(-c2cn(S(=O)(=O)c3ccccc3)c3ccccc23)cc1C. The van der Waals surface area contributed by atoms with Crippen LogP contribution >= 0.6 is 0 Å². The minimum atomic E-state index is -3.69. The van der Waals surface area contributed by atoms with Crippen molar-refractivity contribution in [3.8, 4) is 11.3 Å². The molecular formula is C22H20N2O2S. The molecule has 0 saturated heterocycles. The average molecular weight is 376 g/mol. The lowest BCUT2D eigenvalue weighted by molar-refractivity contribution is 0.589. The van der Waals surface area contributed by atoms with Crippen LogP contribution in [0.5, 0.6) is 0 Å². The van der Waals surface area contributed by atoms with Gasteiger partial charge >= 0.3 is 0 Å². The number of hydrogen-bond acceptors (Lipinski definition) is 3. The van der Waals surface area contributed by atoms with E-state index >= 15 is 0 Å². The van der Waals surface area contributed by atoms with Crippen molar-refractivity contribution < 1.29 is 8.42 Å². The maximum atomic E-state index is 13.2. The Balaban J connectivity index is 1.97. The molecule has 0 fully saturated rings. The number of hydrogen-bond donors (Lipinski definition) is 0. The van der Waals surface area contributed by atoms with Crippen molar-refractivity contribution in [2.24, 2.45) is 0 Å². The summed E-state index contributed by atoms with van der Waals surface area (Å²) in [5, 5.41) is 0.869. The average Bonchev–Trinajstić information content (AvgIpc) is 3.09. The van der Waals surface area contributed by atoms with E-state index in [1.54, 1.807) is 36.5 Å². The Bertz CT molecular complexity index is 1230. The second-order valence-electron chi connectivity index (χ2n) is 6.52. The molecule has 0 N–H and O–H groups in total. The Labute approximate surface area is 159 Å².